The fraction of sp³-hybridized carbons (Fsp3) is 0.353. The fourth-order valence-corrected chi connectivity index (χ4v) is 2.91. The summed E-state index contributed by atoms with van der Waals surface area (Å²) in [7, 11) is 1.61. The second-order valence-electron chi connectivity index (χ2n) is 5.59. The Morgan fingerprint density at radius 2 is 1.96 bits per heavy atom. The third-order valence-electron chi connectivity index (χ3n) is 3.48. The van der Waals surface area contributed by atoms with Crippen molar-refractivity contribution in [1.29, 1.82) is 0 Å². The highest BCUT2D eigenvalue weighted by molar-refractivity contribution is 7.11. The van der Waals surface area contributed by atoms with Gasteiger partial charge in [-0.25, -0.2) is 9.78 Å². The van der Waals surface area contributed by atoms with Crippen LogP contribution in [0.3, 0.4) is 0 Å². The molecule has 6 nitrogen and oxygen atoms in total. The third-order valence-corrected chi connectivity index (χ3v) is 4.63. The Hall–Kier alpha value is -2.41. The molecule has 1 aromatic heterocycles. The van der Waals surface area contributed by atoms with Gasteiger partial charge in [0.05, 0.1) is 11.4 Å². The van der Waals surface area contributed by atoms with Crippen LogP contribution in [-0.2, 0) is 11.2 Å². The van der Waals surface area contributed by atoms with E-state index in [0.29, 0.717) is 18.7 Å². The molecule has 2 rings (SSSR count). The summed E-state index contributed by atoms with van der Waals surface area (Å²) in [6.45, 7) is 4.57. The van der Waals surface area contributed by atoms with Gasteiger partial charge in [0, 0.05) is 36.3 Å². The molecule has 0 unspecified atom stereocenters. The number of thiazole rings is 1. The summed E-state index contributed by atoms with van der Waals surface area (Å²) < 4.78 is 0. The molecule has 0 bridgehead atoms. The van der Waals surface area contributed by atoms with E-state index in [1.807, 2.05) is 32.2 Å². The van der Waals surface area contributed by atoms with E-state index in [1.54, 1.807) is 30.5 Å². The van der Waals surface area contributed by atoms with Crippen molar-refractivity contribution in [2.45, 2.75) is 26.2 Å². The molecule has 1 atom stereocenters. The monoisotopic (exact) mass is 346 g/mol. The van der Waals surface area contributed by atoms with Crippen LogP contribution in [-0.4, -0.2) is 30.5 Å². The number of amides is 3. The van der Waals surface area contributed by atoms with Gasteiger partial charge in [0.15, 0.2) is 0 Å². The Balaban J connectivity index is 1.80. The van der Waals surface area contributed by atoms with Crippen LogP contribution in [0, 0.1) is 6.92 Å². The Labute approximate surface area is 145 Å². The number of carbonyl (C=O) groups is 2. The highest BCUT2D eigenvalue weighted by atomic mass is 32.1. The summed E-state index contributed by atoms with van der Waals surface area (Å²) in [6.07, 6.45) is 2.17. The van der Waals surface area contributed by atoms with E-state index in [0.717, 1.165) is 15.4 Å². The lowest BCUT2D eigenvalue weighted by molar-refractivity contribution is -0.119. The van der Waals surface area contributed by atoms with Crippen LogP contribution in [0.4, 0.5) is 10.5 Å². The first-order valence-corrected chi connectivity index (χ1v) is 8.56. The number of carbonyl (C=O) groups excluding carboxylic acids is 2. The number of likely N-dealkylation sites (N-methyl/N-ethyl adjacent to an activating group) is 1. The molecule has 0 saturated heterocycles. The lowest BCUT2D eigenvalue weighted by Gasteiger charge is -2.11. The molecule has 3 N–H and O–H groups in total. The highest BCUT2D eigenvalue weighted by Gasteiger charge is 2.11. The first-order valence-electron chi connectivity index (χ1n) is 7.74. The van der Waals surface area contributed by atoms with Gasteiger partial charge in [0.2, 0.25) is 5.91 Å². The number of hydrogen-bond donors (Lipinski definition) is 3. The smallest absolute Gasteiger partial charge is 0.319 e. The average Bonchev–Trinajstić information content (AvgIpc) is 3.01. The van der Waals surface area contributed by atoms with Crippen LogP contribution in [0.15, 0.2) is 30.5 Å². The van der Waals surface area contributed by atoms with Gasteiger partial charge in [0.1, 0.15) is 0 Å². The zero-order valence-corrected chi connectivity index (χ0v) is 14.9. The fourth-order valence-electron chi connectivity index (χ4n) is 2.09. The normalized spacial score (nSPS) is 11.6. The van der Waals surface area contributed by atoms with Gasteiger partial charge in [-0.15, -0.1) is 11.3 Å². The molecule has 0 aliphatic heterocycles. The van der Waals surface area contributed by atoms with Crippen LogP contribution in [0.1, 0.15) is 28.3 Å². The Morgan fingerprint density at radius 3 is 2.54 bits per heavy atom. The summed E-state index contributed by atoms with van der Waals surface area (Å²) in [5.74, 6) is 0.129. The van der Waals surface area contributed by atoms with Gasteiger partial charge in [-0.1, -0.05) is 19.1 Å². The van der Waals surface area contributed by atoms with Gasteiger partial charge in [-0.05, 0) is 24.6 Å². The van der Waals surface area contributed by atoms with Crippen LogP contribution in [0.2, 0.25) is 0 Å². The van der Waals surface area contributed by atoms with E-state index >= 15 is 0 Å². The summed E-state index contributed by atoms with van der Waals surface area (Å²) in [6, 6.07) is 6.96. The zero-order chi connectivity index (χ0) is 17.5. The molecule has 7 heteroatoms. The van der Waals surface area contributed by atoms with Gasteiger partial charge in [0.25, 0.3) is 0 Å². The van der Waals surface area contributed by atoms with Crippen molar-refractivity contribution < 1.29 is 9.59 Å². The van der Waals surface area contributed by atoms with Gasteiger partial charge >= 0.3 is 6.03 Å². The number of aromatic nitrogens is 1. The number of nitrogens with zero attached hydrogens (tertiary/aromatic N) is 1. The predicted octanol–water partition coefficient (Wildman–Crippen LogP) is 2.67. The Bertz CT molecular complexity index is 697. The number of rotatable bonds is 6. The first-order chi connectivity index (χ1) is 11.5. The summed E-state index contributed by atoms with van der Waals surface area (Å²) in [5, 5.41) is 9.23. The maximum absolute atomic E-state index is 12.0. The first kappa shape index (κ1) is 17.9. The van der Waals surface area contributed by atoms with Crippen molar-refractivity contribution in [1.82, 2.24) is 15.6 Å². The number of nitrogens with one attached hydrogen (secondary N) is 3. The molecule has 0 spiro atoms. The minimum atomic E-state index is -0.255. The number of urea groups is 1. The SMILES string of the molecule is CNC(=O)Cc1ccc(NC(=O)NC[C@H](C)c2ncc(C)s2)cc1. The number of hydrogen-bond acceptors (Lipinski definition) is 4. The van der Waals surface area contributed by atoms with E-state index in [2.05, 4.69) is 20.9 Å². The van der Waals surface area contributed by atoms with Gasteiger partial charge in [-0.3, -0.25) is 4.79 Å². The minimum absolute atomic E-state index is 0.0418. The van der Waals surface area contributed by atoms with Crippen LogP contribution in [0.25, 0.3) is 0 Å². The largest absolute Gasteiger partial charge is 0.359 e. The highest BCUT2D eigenvalue weighted by Crippen LogP contribution is 2.20. The molecule has 128 valence electrons. The lowest BCUT2D eigenvalue weighted by atomic mass is 10.1. The van der Waals surface area contributed by atoms with Crippen molar-refractivity contribution in [2.24, 2.45) is 0 Å². The predicted molar refractivity (Wildman–Crippen MR) is 96.5 cm³/mol. The molecular formula is C17H22N4O2S. The minimum Gasteiger partial charge on any atom is -0.359 e. The Kier molecular flexibility index (Phi) is 6.31. The average molecular weight is 346 g/mol. The number of aryl methyl sites for hydroxylation is 1. The summed E-state index contributed by atoms with van der Waals surface area (Å²) in [4.78, 5) is 28.8. The maximum atomic E-state index is 12.0. The van der Waals surface area contributed by atoms with E-state index in [1.165, 1.54) is 0 Å². The van der Waals surface area contributed by atoms with E-state index < -0.39 is 0 Å². The molecule has 0 saturated carbocycles. The van der Waals surface area contributed by atoms with Crippen LogP contribution in [0.5, 0.6) is 0 Å². The standard InChI is InChI=1S/C17H22N4O2S/c1-11(16-19-10-12(2)24-16)9-20-17(23)21-14-6-4-13(5-7-14)8-15(22)18-3/h4-7,10-11H,8-9H2,1-3H3,(H,18,22)(H2,20,21,23)/t11-/m0/s1. The van der Waals surface area contributed by atoms with Gasteiger partial charge < -0.3 is 16.0 Å². The third kappa shape index (κ3) is 5.34. The zero-order valence-electron chi connectivity index (χ0n) is 14.1. The molecule has 1 aromatic carbocycles. The van der Waals surface area contributed by atoms with Crippen LogP contribution >= 0.6 is 11.3 Å². The second kappa shape index (κ2) is 8.44. The quantitative estimate of drug-likeness (QED) is 0.752. The Morgan fingerprint density at radius 1 is 1.25 bits per heavy atom. The van der Waals surface area contributed by atoms with Crippen molar-refractivity contribution in [2.75, 3.05) is 18.9 Å². The number of anilines is 1. The van der Waals surface area contributed by atoms with Crippen LogP contribution < -0.4 is 16.0 Å². The molecule has 0 aliphatic carbocycles. The molecule has 24 heavy (non-hydrogen) atoms. The van der Waals surface area contributed by atoms with Crippen molar-refractivity contribution >= 4 is 29.0 Å². The molecule has 0 radical (unpaired) electrons. The summed E-state index contributed by atoms with van der Waals surface area (Å²) in [5.41, 5.74) is 1.58. The molecule has 3 amide bonds. The molecule has 1 heterocycles. The van der Waals surface area contributed by atoms with Crippen molar-refractivity contribution in [3.63, 3.8) is 0 Å². The second-order valence-corrected chi connectivity index (χ2v) is 6.86. The van der Waals surface area contributed by atoms with Gasteiger partial charge in [-0.2, -0.15) is 0 Å². The topological polar surface area (TPSA) is 83.1 Å². The molecular weight excluding hydrogens is 324 g/mol. The number of benzene rings is 1. The molecule has 2 aromatic rings. The summed E-state index contributed by atoms with van der Waals surface area (Å²) >= 11 is 1.64. The van der Waals surface area contributed by atoms with E-state index in [-0.39, 0.29) is 17.9 Å². The van der Waals surface area contributed by atoms with Crippen molar-refractivity contribution in [3.05, 3.63) is 45.9 Å². The van der Waals surface area contributed by atoms with Crippen molar-refractivity contribution in [3.8, 4) is 0 Å². The maximum Gasteiger partial charge on any atom is 0.319 e. The van der Waals surface area contributed by atoms with E-state index in [9.17, 15) is 9.59 Å². The lowest BCUT2D eigenvalue weighted by Crippen LogP contribution is -2.31. The molecule has 0 fully saturated rings. The van der Waals surface area contributed by atoms with E-state index in [4.69, 9.17) is 0 Å². The molecule has 0 aliphatic rings.